The van der Waals surface area contributed by atoms with Crippen LogP contribution in [0, 0.1) is 0 Å². The zero-order chi connectivity index (χ0) is 12.5. The van der Waals surface area contributed by atoms with Gasteiger partial charge in [0.1, 0.15) is 5.25 Å². The summed E-state index contributed by atoms with van der Waals surface area (Å²) in [5.41, 5.74) is 0.983. The molecule has 1 saturated heterocycles. The highest BCUT2D eigenvalue weighted by atomic mass is 32.2. The van der Waals surface area contributed by atoms with Gasteiger partial charge in [0.05, 0.1) is 12.5 Å². The van der Waals surface area contributed by atoms with E-state index in [1.165, 1.54) is 4.90 Å². The number of carbonyl (C=O) groups excluding carboxylic acids is 1. The lowest BCUT2D eigenvalue weighted by molar-refractivity contribution is -0.127. The molecule has 94 valence electrons. The van der Waals surface area contributed by atoms with Crippen molar-refractivity contribution in [1.29, 1.82) is 0 Å². The number of hydrogen-bond donors (Lipinski definition) is 1. The topological polar surface area (TPSA) is 93.6 Å². The van der Waals surface area contributed by atoms with Gasteiger partial charge in [0.2, 0.25) is 15.9 Å². The molecule has 2 rings (SSSR count). The van der Waals surface area contributed by atoms with E-state index in [0.29, 0.717) is 13.0 Å². The van der Waals surface area contributed by atoms with Crippen LogP contribution in [0.4, 0.5) is 0 Å². The average molecular weight is 258 g/mol. The number of sulfonamides is 1. The Labute approximate surface area is 99.4 Å². The molecule has 1 amide bonds. The zero-order valence-corrected chi connectivity index (χ0v) is 10.0. The molecule has 1 fully saturated rings. The molecule has 1 aromatic heterocycles. The van der Waals surface area contributed by atoms with Gasteiger partial charge in [-0.3, -0.25) is 4.79 Å². The van der Waals surface area contributed by atoms with E-state index in [9.17, 15) is 13.2 Å². The number of amides is 1. The summed E-state index contributed by atoms with van der Waals surface area (Å²) in [6.07, 6.45) is 3.82. The van der Waals surface area contributed by atoms with E-state index in [1.807, 2.05) is 6.07 Å². The predicted octanol–water partition coefficient (Wildman–Crippen LogP) is -0.288. The van der Waals surface area contributed by atoms with Gasteiger partial charge < -0.3 is 9.32 Å². The molecule has 0 saturated carbocycles. The SMILES string of the molecule is NS(=O)(=O)C1CC(=O)N(CCc2ccoc2)C1. The van der Waals surface area contributed by atoms with Crippen LogP contribution in [0.15, 0.2) is 23.0 Å². The van der Waals surface area contributed by atoms with Crippen LogP contribution in [0.1, 0.15) is 12.0 Å². The fourth-order valence-corrected chi connectivity index (χ4v) is 2.63. The standard InChI is InChI=1S/C10H14N2O4S/c11-17(14,15)9-5-10(13)12(6-9)3-1-8-2-4-16-7-8/h2,4,7,9H,1,3,5-6H2,(H2,11,14,15). The molecule has 1 aliphatic rings. The minimum atomic E-state index is -3.62. The predicted molar refractivity (Wildman–Crippen MR) is 60.5 cm³/mol. The normalized spacial score (nSPS) is 21.1. The summed E-state index contributed by atoms with van der Waals surface area (Å²) in [4.78, 5) is 13.1. The van der Waals surface area contributed by atoms with E-state index in [2.05, 4.69) is 0 Å². The number of nitrogens with zero attached hydrogens (tertiary/aromatic N) is 1. The first-order valence-corrected chi connectivity index (χ1v) is 6.88. The van der Waals surface area contributed by atoms with E-state index in [0.717, 1.165) is 5.56 Å². The van der Waals surface area contributed by atoms with Crippen molar-refractivity contribution in [2.45, 2.75) is 18.1 Å². The van der Waals surface area contributed by atoms with Gasteiger partial charge >= 0.3 is 0 Å². The van der Waals surface area contributed by atoms with Crippen LogP contribution in [-0.2, 0) is 21.2 Å². The third kappa shape index (κ3) is 2.86. The number of furan rings is 1. The maximum absolute atomic E-state index is 11.6. The van der Waals surface area contributed by atoms with Gasteiger partial charge in [0, 0.05) is 19.5 Å². The number of rotatable bonds is 4. The Morgan fingerprint density at radius 2 is 2.29 bits per heavy atom. The Kier molecular flexibility index (Phi) is 3.21. The first kappa shape index (κ1) is 12.1. The first-order valence-electron chi connectivity index (χ1n) is 5.27. The van der Waals surface area contributed by atoms with Gasteiger partial charge in [-0.25, -0.2) is 13.6 Å². The minimum absolute atomic E-state index is 0.00970. The maximum Gasteiger partial charge on any atom is 0.224 e. The molecule has 1 atom stereocenters. The fourth-order valence-electron chi connectivity index (χ4n) is 1.87. The lowest BCUT2D eigenvalue weighted by Crippen LogP contribution is -2.33. The van der Waals surface area contributed by atoms with Crippen molar-refractivity contribution < 1.29 is 17.6 Å². The van der Waals surface area contributed by atoms with Gasteiger partial charge in [0.25, 0.3) is 0 Å². The molecule has 7 heteroatoms. The summed E-state index contributed by atoms with van der Waals surface area (Å²) in [5.74, 6) is -0.160. The molecular weight excluding hydrogens is 244 g/mol. The van der Waals surface area contributed by atoms with Gasteiger partial charge in [-0.15, -0.1) is 0 Å². The number of hydrogen-bond acceptors (Lipinski definition) is 4. The summed E-state index contributed by atoms with van der Waals surface area (Å²) in [6, 6.07) is 1.82. The van der Waals surface area contributed by atoms with Crippen molar-refractivity contribution >= 4 is 15.9 Å². The molecule has 1 aliphatic heterocycles. The highest BCUT2D eigenvalue weighted by Gasteiger charge is 2.35. The van der Waals surface area contributed by atoms with Crippen LogP contribution in [-0.4, -0.2) is 37.6 Å². The van der Waals surface area contributed by atoms with E-state index >= 15 is 0 Å². The van der Waals surface area contributed by atoms with Crippen molar-refractivity contribution in [2.24, 2.45) is 5.14 Å². The molecule has 2 heterocycles. The number of nitrogens with two attached hydrogens (primary N) is 1. The Balaban J connectivity index is 1.93. The summed E-state index contributed by atoms with van der Waals surface area (Å²) >= 11 is 0. The summed E-state index contributed by atoms with van der Waals surface area (Å²) < 4.78 is 27.2. The van der Waals surface area contributed by atoms with Gasteiger partial charge in [-0.2, -0.15) is 0 Å². The van der Waals surface area contributed by atoms with Gasteiger partial charge in [-0.05, 0) is 18.1 Å². The summed E-state index contributed by atoms with van der Waals surface area (Å²) in [7, 11) is -3.62. The minimum Gasteiger partial charge on any atom is -0.472 e. The number of primary sulfonamides is 1. The second-order valence-corrected chi connectivity index (χ2v) is 5.98. The van der Waals surface area contributed by atoms with Crippen LogP contribution in [0.25, 0.3) is 0 Å². The summed E-state index contributed by atoms with van der Waals surface area (Å²) in [6.45, 7) is 0.680. The van der Waals surface area contributed by atoms with Crippen LogP contribution < -0.4 is 5.14 Å². The largest absolute Gasteiger partial charge is 0.472 e. The summed E-state index contributed by atoms with van der Waals surface area (Å²) in [5, 5.41) is 4.27. The highest BCUT2D eigenvalue weighted by Crippen LogP contribution is 2.17. The number of carbonyl (C=O) groups is 1. The third-order valence-electron chi connectivity index (χ3n) is 2.89. The average Bonchev–Trinajstić information content (AvgIpc) is 2.83. The second-order valence-electron chi connectivity index (χ2n) is 4.14. The third-order valence-corrected chi connectivity index (χ3v) is 4.14. The van der Waals surface area contributed by atoms with Crippen molar-refractivity contribution in [3.8, 4) is 0 Å². The second kappa shape index (κ2) is 4.50. The molecule has 0 aliphatic carbocycles. The molecule has 0 bridgehead atoms. The highest BCUT2D eigenvalue weighted by molar-refractivity contribution is 7.89. The first-order chi connectivity index (χ1) is 7.97. The van der Waals surface area contributed by atoms with Crippen molar-refractivity contribution in [3.63, 3.8) is 0 Å². The smallest absolute Gasteiger partial charge is 0.224 e. The zero-order valence-electron chi connectivity index (χ0n) is 9.20. The Morgan fingerprint density at radius 3 is 2.82 bits per heavy atom. The lowest BCUT2D eigenvalue weighted by Gasteiger charge is -2.15. The molecule has 6 nitrogen and oxygen atoms in total. The van der Waals surface area contributed by atoms with Crippen LogP contribution >= 0.6 is 0 Å². The van der Waals surface area contributed by atoms with E-state index in [4.69, 9.17) is 9.56 Å². The van der Waals surface area contributed by atoms with Gasteiger partial charge in [0.15, 0.2) is 0 Å². The fraction of sp³-hybridized carbons (Fsp3) is 0.500. The maximum atomic E-state index is 11.6. The Bertz CT molecular complexity index is 494. The van der Waals surface area contributed by atoms with Crippen molar-refractivity contribution in [1.82, 2.24) is 4.90 Å². The van der Waals surface area contributed by atoms with Crippen LogP contribution in [0.5, 0.6) is 0 Å². The lowest BCUT2D eigenvalue weighted by atomic mass is 10.2. The molecule has 0 spiro atoms. The molecular formula is C10H14N2O4S. The van der Waals surface area contributed by atoms with Gasteiger partial charge in [-0.1, -0.05) is 0 Å². The van der Waals surface area contributed by atoms with Crippen LogP contribution in [0.3, 0.4) is 0 Å². The number of likely N-dealkylation sites (tertiary alicyclic amines) is 1. The molecule has 0 radical (unpaired) electrons. The van der Waals surface area contributed by atoms with E-state index in [-0.39, 0.29) is 18.9 Å². The Hall–Kier alpha value is -1.34. The van der Waals surface area contributed by atoms with E-state index < -0.39 is 15.3 Å². The molecule has 1 aromatic rings. The monoisotopic (exact) mass is 258 g/mol. The van der Waals surface area contributed by atoms with Crippen molar-refractivity contribution in [2.75, 3.05) is 13.1 Å². The van der Waals surface area contributed by atoms with Crippen molar-refractivity contribution in [3.05, 3.63) is 24.2 Å². The quantitative estimate of drug-likeness (QED) is 0.803. The Morgan fingerprint density at radius 1 is 1.53 bits per heavy atom. The van der Waals surface area contributed by atoms with Crippen LogP contribution in [0.2, 0.25) is 0 Å². The molecule has 1 unspecified atom stereocenters. The molecule has 17 heavy (non-hydrogen) atoms. The molecule has 0 aromatic carbocycles. The van der Waals surface area contributed by atoms with E-state index in [1.54, 1.807) is 12.5 Å². The molecule has 2 N–H and O–H groups in total.